The van der Waals surface area contributed by atoms with Gasteiger partial charge in [-0.15, -0.1) is 0 Å². The smallest absolute Gasteiger partial charge is 0.109 e. The normalized spacial score (nSPS) is 39.1. The molecule has 3 fully saturated rings. The van der Waals surface area contributed by atoms with Crippen LogP contribution in [0.3, 0.4) is 0 Å². The lowest BCUT2D eigenvalue weighted by Crippen LogP contribution is -2.44. The van der Waals surface area contributed by atoms with Crippen LogP contribution in [-0.2, 0) is 4.74 Å². The first-order chi connectivity index (χ1) is 7.34. The van der Waals surface area contributed by atoms with Crippen LogP contribution in [0, 0.1) is 23.2 Å². The third kappa shape index (κ3) is 1.39. The maximum Gasteiger partial charge on any atom is 0.109 e. The number of hydrogen-bond acceptors (Lipinski definition) is 3. The summed E-state index contributed by atoms with van der Waals surface area (Å²) in [6.07, 6.45) is 4.64. The predicted molar refractivity (Wildman–Crippen MR) is 56.2 cm³/mol. The Morgan fingerprint density at radius 2 is 1.73 bits per heavy atom. The molecule has 2 saturated heterocycles. The van der Waals surface area contributed by atoms with E-state index in [1.807, 2.05) is 0 Å². The highest BCUT2D eigenvalue weighted by molar-refractivity contribution is 5.13. The molecule has 0 aromatic heterocycles. The summed E-state index contributed by atoms with van der Waals surface area (Å²) < 4.78 is 5.48. The van der Waals surface area contributed by atoms with Crippen LogP contribution in [0.5, 0.6) is 0 Å². The molecule has 3 aliphatic rings. The minimum atomic E-state index is -0.107. The summed E-state index contributed by atoms with van der Waals surface area (Å²) in [5.74, 6) is 1.41. The molecule has 3 nitrogen and oxygen atoms in total. The van der Waals surface area contributed by atoms with E-state index >= 15 is 0 Å². The first kappa shape index (κ1) is 9.62. The van der Waals surface area contributed by atoms with Gasteiger partial charge in [-0.25, -0.2) is 0 Å². The highest BCUT2D eigenvalue weighted by Crippen LogP contribution is 2.40. The van der Waals surface area contributed by atoms with Crippen molar-refractivity contribution in [2.24, 2.45) is 11.8 Å². The fraction of sp³-hybridized carbons (Fsp3) is 0.917. The fourth-order valence-corrected chi connectivity index (χ4v) is 3.50. The molecule has 82 valence electrons. The van der Waals surface area contributed by atoms with E-state index < -0.39 is 0 Å². The quantitative estimate of drug-likeness (QED) is 0.650. The van der Waals surface area contributed by atoms with Crippen LogP contribution in [-0.4, -0.2) is 36.7 Å². The topological polar surface area (TPSA) is 36.3 Å². The molecule has 0 radical (unpaired) electrons. The summed E-state index contributed by atoms with van der Waals surface area (Å²) in [4.78, 5) is 2.46. The molecule has 3 heteroatoms. The molecule has 0 aromatic carbocycles. The van der Waals surface area contributed by atoms with Gasteiger partial charge in [0.15, 0.2) is 0 Å². The van der Waals surface area contributed by atoms with Crippen LogP contribution >= 0.6 is 0 Å². The van der Waals surface area contributed by atoms with Crippen LogP contribution in [0.1, 0.15) is 25.7 Å². The first-order valence-electron chi connectivity index (χ1n) is 6.08. The second-order valence-electron chi connectivity index (χ2n) is 5.31. The average molecular weight is 206 g/mol. The molecule has 2 heterocycles. The molecule has 0 unspecified atom stereocenters. The summed E-state index contributed by atoms with van der Waals surface area (Å²) in [5, 5.41) is 9.42. The molecule has 1 saturated carbocycles. The second kappa shape index (κ2) is 3.47. The molecule has 0 bridgehead atoms. The number of ether oxygens (including phenoxy) is 1. The Kier molecular flexibility index (Phi) is 2.22. The van der Waals surface area contributed by atoms with Crippen molar-refractivity contribution in [3.63, 3.8) is 0 Å². The highest BCUT2D eigenvalue weighted by atomic mass is 16.5. The standard InChI is InChI=1S/C12H18N2O/c13-9-12(3-1-2-4-12)14-5-10-7-15-8-11(10)6-14/h10-11H,1-8H2/t10-,11+. The molecule has 2 aliphatic heterocycles. The van der Waals surface area contributed by atoms with Crippen LogP contribution < -0.4 is 0 Å². The predicted octanol–water partition coefficient (Wildman–Crippen LogP) is 1.40. The fourth-order valence-electron chi connectivity index (χ4n) is 3.50. The lowest BCUT2D eigenvalue weighted by molar-refractivity contribution is 0.117. The van der Waals surface area contributed by atoms with Crippen LogP contribution in [0.4, 0.5) is 0 Å². The van der Waals surface area contributed by atoms with Crippen molar-refractivity contribution in [3.8, 4) is 6.07 Å². The number of likely N-dealkylation sites (tertiary alicyclic amines) is 1. The number of rotatable bonds is 1. The van der Waals surface area contributed by atoms with E-state index in [4.69, 9.17) is 4.74 Å². The highest BCUT2D eigenvalue weighted by Gasteiger charge is 2.47. The van der Waals surface area contributed by atoms with Gasteiger partial charge in [0.25, 0.3) is 0 Å². The van der Waals surface area contributed by atoms with E-state index in [0.717, 1.165) is 39.1 Å². The van der Waals surface area contributed by atoms with Crippen molar-refractivity contribution in [1.82, 2.24) is 4.90 Å². The average Bonchev–Trinajstić information content (AvgIpc) is 2.92. The van der Waals surface area contributed by atoms with E-state index in [0.29, 0.717) is 11.8 Å². The van der Waals surface area contributed by atoms with Crippen molar-refractivity contribution in [1.29, 1.82) is 5.26 Å². The van der Waals surface area contributed by atoms with Gasteiger partial charge in [-0.1, -0.05) is 12.8 Å². The Bertz CT molecular complexity index is 278. The number of hydrogen-bond donors (Lipinski definition) is 0. The third-order valence-corrected chi connectivity index (χ3v) is 4.48. The summed E-state index contributed by atoms with van der Waals surface area (Å²) in [5.41, 5.74) is -0.107. The molecule has 15 heavy (non-hydrogen) atoms. The minimum Gasteiger partial charge on any atom is -0.381 e. The van der Waals surface area contributed by atoms with Crippen LogP contribution in [0.15, 0.2) is 0 Å². The van der Waals surface area contributed by atoms with Gasteiger partial charge in [0.05, 0.1) is 19.3 Å². The molecule has 0 N–H and O–H groups in total. The molecule has 0 aromatic rings. The van der Waals surface area contributed by atoms with Gasteiger partial charge >= 0.3 is 0 Å². The summed E-state index contributed by atoms with van der Waals surface area (Å²) in [7, 11) is 0. The zero-order valence-corrected chi connectivity index (χ0v) is 9.11. The van der Waals surface area contributed by atoms with Crippen molar-refractivity contribution < 1.29 is 4.74 Å². The number of fused-ring (bicyclic) bond motifs is 1. The van der Waals surface area contributed by atoms with E-state index in [1.54, 1.807) is 0 Å². The number of nitriles is 1. The van der Waals surface area contributed by atoms with Crippen molar-refractivity contribution >= 4 is 0 Å². The van der Waals surface area contributed by atoms with Crippen LogP contribution in [0.25, 0.3) is 0 Å². The molecule has 0 spiro atoms. The van der Waals surface area contributed by atoms with Gasteiger partial charge in [-0.05, 0) is 12.8 Å². The molecule has 3 rings (SSSR count). The number of nitrogens with zero attached hydrogens (tertiary/aromatic N) is 2. The Morgan fingerprint density at radius 3 is 2.27 bits per heavy atom. The Balaban J connectivity index is 1.76. The van der Waals surface area contributed by atoms with Crippen LogP contribution in [0.2, 0.25) is 0 Å². The zero-order valence-electron chi connectivity index (χ0n) is 9.11. The van der Waals surface area contributed by atoms with Crippen molar-refractivity contribution in [2.45, 2.75) is 31.2 Å². The minimum absolute atomic E-state index is 0.107. The summed E-state index contributed by atoms with van der Waals surface area (Å²) >= 11 is 0. The Hall–Kier alpha value is -0.590. The van der Waals surface area contributed by atoms with Gasteiger partial charge in [-0.2, -0.15) is 5.26 Å². The molecule has 1 aliphatic carbocycles. The zero-order chi connectivity index (χ0) is 10.3. The van der Waals surface area contributed by atoms with Gasteiger partial charge in [0, 0.05) is 24.9 Å². The molecule has 2 atom stereocenters. The maximum atomic E-state index is 9.42. The Morgan fingerprint density at radius 1 is 1.13 bits per heavy atom. The lowest BCUT2D eigenvalue weighted by atomic mass is 9.97. The molecular weight excluding hydrogens is 188 g/mol. The third-order valence-electron chi connectivity index (χ3n) is 4.48. The molecule has 0 amide bonds. The first-order valence-corrected chi connectivity index (χ1v) is 6.08. The van der Waals surface area contributed by atoms with E-state index in [2.05, 4.69) is 11.0 Å². The van der Waals surface area contributed by atoms with Gasteiger partial charge in [-0.3, -0.25) is 4.90 Å². The van der Waals surface area contributed by atoms with E-state index in [-0.39, 0.29) is 5.54 Å². The lowest BCUT2D eigenvalue weighted by Gasteiger charge is -2.32. The second-order valence-corrected chi connectivity index (χ2v) is 5.31. The van der Waals surface area contributed by atoms with E-state index in [9.17, 15) is 5.26 Å². The summed E-state index contributed by atoms with van der Waals surface area (Å²) in [6, 6.07) is 2.59. The Labute approximate surface area is 91.0 Å². The van der Waals surface area contributed by atoms with Gasteiger partial charge < -0.3 is 4.74 Å². The SMILES string of the molecule is N#CC1(N2C[C@H]3COC[C@H]3C2)CCCC1. The van der Waals surface area contributed by atoms with Gasteiger partial charge in [0.2, 0.25) is 0 Å². The maximum absolute atomic E-state index is 9.42. The molecular formula is C12H18N2O. The van der Waals surface area contributed by atoms with Crippen molar-refractivity contribution in [3.05, 3.63) is 0 Å². The van der Waals surface area contributed by atoms with Gasteiger partial charge in [0.1, 0.15) is 5.54 Å². The van der Waals surface area contributed by atoms with E-state index in [1.165, 1.54) is 12.8 Å². The monoisotopic (exact) mass is 206 g/mol. The largest absolute Gasteiger partial charge is 0.381 e. The summed E-state index contributed by atoms with van der Waals surface area (Å²) in [6.45, 7) is 4.03. The van der Waals surface area contributed by atoms with Crippen molar-refractivity contribution in [2.75, 3.05) is 26.3 Å².